The summed E-state index contributed by atoms with van der Waals surface area (Å²) >= 11 is 0. The van der Waals surface area contributed by atoms with E-state index in [1.807, 2.05) is 70.3 Å². The van der Waals surface area contributed by atoms with Crippen LogP contribution >= 0.6 is 0 Å². The van der Waals surface area contributed by atoms with Crippen LogP contribution < -0.4 is 0 Å². The van der Waals surface area contributed by atoms with Crippen molar-refractivity contribution in [3.8, 4) is 72.9 Å². The Balaban J connectivity index is 1.31. The van der Waals surface area contributed by atoms with E-state index in [9.17, 15) is 6.48 Å². The molecule has 0 radical (unpaired) electrons. The lowest BCUT2D eigenvalue weighted by atomic mass is 9.78. The molecule has 3 heteroatoms. The van der Waals surface area contributed by atoms with E-state index in [4.69, 9.17) is 12.7 Å². The molecule has 0 aliphatic rings. The molecule has 0 aliphatic carbocycles. The molecule has 0 bridgehead atoms. The second-order valence-electron chi connectivity index (χ2n) is 18.2. The van der Waals surface area contributed by atoms with Crippen LogP contribution in [0.25, 0.3) is 67.2 Å². The van der Waals surface area contributed by atoms with E-state index in [1.54, 1.807) is 19.9 Å². The van der Waals surface area contributed by atoms with Gasteiger partial charge in [0.2, 0.25) is 0 Å². The van der Waals surface area contributed by atoms with E-state index in [0.717, 1.165) is 44.6 Å². The number of pyridine rings is 2. The Morgan fingerprint density at radius 3 is 1.63 bits per heavy atom. The first-order valence-corrected chi connectivity index (χ1v) is 21.9. The summed E-state index contributed by atoms with van der Waals surface area (Å²) in [6.45, 7) is 19.7. The quantitative estimate of drug-likeness (QED) is 0.141. The van der Waals surface area contributed by atoms with Crippen LogP contribution in [0.2, 0.25) is 0 Å². The van der Waals surface area contributed by atoms with Crippen LogP contribution in [0, 0.1) is 13.8 Å². The Morgan fingerprint density at radius 1 is 0.476 bits per heavy atom. The molecule has 63 heavy (non-hydrogen) atoms. The number of phenols is 1. The number of nitrogens with zero attached hydrogens (tertiary/aromatic N) is 2. The molecule has 0 saturated heterocycles. The van der Waals surface area contributed by atoms with E-state index < -0.39 is 17.7 Å². The van der Waals surface area contributed by atoms with Crippen molar-refractivity contribution in [2.75, 3.05) is 0 Å². The van der Waals surface area contributed by atoms with Gasteiger partial charge in [0.05, 0.1) is 17.1 Å². The smallest absolute Gasteiger partial charge is 0.128 e. The Labute approximate surface area is 379 Å². The van der Waals surface area contributed by atoms with Gasteiger partial charge in [-0.15, -0.1) is 0 Å². The number of aromatic hydroxyl groups is 1. The molecule has 316 valence electrons. The van der Waals surface area contributed by atoms with Crippen LogP contribution in [0.15, 0.2) is 158 Å². The first-order valence-electron chi connectivity index (χ1n) is 23.4. The minimum atomic E-state index is -1.15. The molecular formula is C60H60N2O. The molecule has 8 rings (SSSR count). The number of aryl methyl sites for hydroxylation is 2. The summed E-state index contributed by atoms with van der Waals surface area (Å²) < 4.78 is 27.3. The van der Waals surface area contributed by atoms with Crippen molar-refractivity contribution in [3.63, 3.8) is 0 Å². The van der Waals surface area contributed by atoms with Gasteiger partial charge in [0.1, 0.15) is 5.75 Å². The van der Waals surface area contributed by atoms with Crippen LogP contribution in [0.3, 0.4) is 0 Å². The second kappa shape index (κ2) is 17.7. The maximum Gasteiger partial charge on any atom is 0.128 e. The molecule has 8 aromatic rings. The summed E-state index contributed by atoms with van der Waals surface area (Å²) in [6.07, 6.45) is 1.85. The lowest BCUT2D eigenvalue weighted by Crippen LogP contribution is -2.18. The average Bonchev–Trinajstić information content (AvgIpc) is 3.28. The predicted octanol–water partition coefficient (Wildman–Crippen LogP) is 16.5. The predicted molar refractivity (Wildman–Crippen MR) is 267 cm³/mol. The molecule has 0 atom stereocenters. The highest BCUT2D eigenvalue weighted by Gasteiger charge is 2.24. The van der Waals surface area contributed by atoms with Gasteiger partial charge in [-0.1, -0.05) is 159 Å². The van der Waals surface area contributed by atoms with Gasteiger partial charge >= 0.3 is 0 Å². The average molecular weight is 828 g/mol. The van der Waals surface area contributed by atoms with Gasteiger partial charge in [-0.25, -0.2) is 4.98 Å². The second-order valence-corrected chi connectivity index (χ2v) is 18.2. The van der Waals surface area contributed by atoms with E-state index in [1.165, 1.54) is 33.4 Å². The topological polar surface area (TPSA) is 46.0 Å². The third kappa shape index (κ3) is 8.88. The van der Waals surface area contributed by atoms with E-state index >= 15 is 0 Å². The van der Waals surface area contributed by atoms with Crippen LogP contribution in [0.1, 0.15) is 116 Å². The number of aromatic nitrogens is 2. The minimum Gasteiger partial charge on any atom is -0.507 e. The highest BCUT2D eigenvalue weighted by molar-refractivity contribution is 5.83. The fourth-order valence-electron chi connectivity index (χ4n) is 8.75. The molecule has 2 heterocycles. The molecule has 0 spiro atoms. The summed E-state index contributed by atoms with van der Waals surface area (Å²) in [6, 6.07) is 52.2. The fourth-order valence-corrected chi connectivity index (χ4v) is 8.75. The maximum absolute atomic E-state index is 12.0. The SMILES string of the molecule is [2H]C(C)(C)c1cc(-c2cc(-c3cc(C)c(-c4ccccc4)c(C)c3)ccn2)cc(-c2cc(-c3ccc(C(C)(C)c4ccccc4)cc3)cc(-c3cc(C([2H])(C)C)cc(C([2H])(C)C)c3O)n2)c1. The molecule has 6 aromatic carbocycles. The number of rotatable bonds is 11. The molecule has 0 amide bonds. The van der Waals surface area contributed by atoms with Gasteiger partial charge < -0.3 is 5.11 Å². The van der Waals surface area contributed by atoms with Crippen molar-refractivity contribution < 1.29 is 9.22 Å². The van der Waals surface area contributed by atoms with E-state index in [0.29, 0.717) is 28.1 Å². The Hall–Kier alpha value is -6.58. The summed E-state index contributed by atoms with van der Waals surface area (Å²) in [5.74, 6) is -3.13. The number of hydrogen-bond acceptors (Lipinski definition) is 3. The molecular weight excluding hydrogens is 765 g/mol. The number of hydrogen-bond donors (Lipinski definition) is 1. The van der Waals surface area contributed by atoms with Crippen molar-refractivity contribution in [2.45, 2.75) is 92.3 Å². The van der Waals surface area contributed by atoms with Gasteiger partial charge in [0, 0.05) is 32.4 Å². The summed E-state index contributed by atoms with van der Waals surface area (Å²) in [7, 11) is 0. The zero-order valence-electron chi connectivity index (χ0n) is 41.4. The molecule has 0 fully saturated rings. The summed E-state index contributed by atoms with van der Waals surface area (Å²) in [5, 5.41) is 12.0. The lowest BCUT2D eigenvalue weighted by Gasteiger charge is -2.26. The highest BCUT2D eigenvalue weighted by atomic mass is 16.3. The molecule has 3 nitrogen and oxygen atoms in total. The lowest BCUT2D eigenvalue weighted by molar-refractivity contribution is 0.466. The van der Waals surface area contributed by atoms with Gasteiger partial charge in [-0.2, -0.15) is 0 Å². The monoisotopic (exact) mass is 827 g/mol. The fraction of sp³-hybridized carbons (Fsp3) is 0.233. The zero-order valence-corrected chi connectivity index (χ0v) is 38.4. The van der Waals surface area contributed by atoms with E-state index in [2.05, 4.69) is 137 Å². The maximum atomic E-state index is 12.0. The first kappa shape index (κ1) is 39.3. The molecule has 1 N–H and O–H groups in total. The van der Waals surface area contributed by atoms with Gasteiger partial charge in [0.15, 0.2) is 0 Å². The third-order valence-electron chi connectivity index (χ3n) is 12.6. The largest absolute Gasteiger partial charge is 0.507 e. The Bertz CT molecular complexity index is 3040. The van der Waals surface area contributed by atoms with Crippen molar-refractivity contribution in [2.24, 2.45) is 0 Å². The number of phenolic OH excluding ortho intramolecular Hbond substituents is 1. The molecule has 0 unspecified atom stereocenters. The normalized spacial score (nSPS) is 13.0. The van der Waals surface area contributed by atoms with Crippen LogP contribution in [0.5, 0.6) is 5.75 Å². The minimum absolute atomic E-state index is 0.0245. The van der Waals surface area contributed by atoms with Gasteiger partial charge in [-0.05, 0) is 152 Å². The van der Waals surface area contributed by atoms with Crippen molar-refractivity contribution in [3.05, 3.63) is 197 Å². The molecule has 2 aromatic heterocycles. The number of benzene rings is 6. The molecule has 0 aliphatic heterocycles. The summed E-state index contributed by atoms with van der Waals surface area (Å²) in [4.78, 5) is 10.2. The standard InChI is InChI=1S/C60H60N2O/c1-37(2)45-29-49(55-34-44(25-26-61-55)47-27-40(7)58(41(8)28-47)43-17-13-11-14-18-43)31-50(30-45)56-35-48(42-21-23-52(24-22-42)60(9,10)51-19-15-12-16-20-51)36-57(62-56)54-33-46(38(3)4)32-53(39(5)6)59(54)63/h11-39,63H,1-10H3/i37D,38D,39D. The molecule has 0 saturated carbocycles. The Morgan fingerprint density at radius 2 is 1.02 bits per heavy atom. The Kier molecular flexibility index (Phi) is 11.0. The highest BCUT2D eigenvalue weighted by Crippen LogP contribution is 2.42. The zero-order chi connectivity index (χ0) is 47.3. The first-order chi connectivity index (χ1) is 31.1. The van der Waals surface area contributed by atoms with E-state index in [-0.39, 0.29) is 11.2 Å². The van der Waals surface area contributed by atoms with Gasteiger partial charge in [-0.3, -0.25) is 4.98 Å². The van der Waals surface area contributed by atoms with Crippen molar-refractivity contribution in [1.29, 1.82) is 0 Å². The van der Waals surface area contributed by atoms with Gasteiger partial charge in [0.25, 0.3) is 0 Å². The van der Waals surface area contributed by atoms with Crippen molar-refractivity contribution in [1.82, 2.24) is 9.97 Å². The summed E-state index contributed by atoms with van der Waals surface area (Å²) in [5.41, 5.74) is 17.0. The van der Waals surface area contributed by atoms with Crippen LogP contribution in [-0.4, -0.2) is 15.1 Å². The van der Waals surface area contributed by atoms with Crippen LogP contribution in [-0.2, 0) is 5.41 Å². The van der Waals surface area contributed by atoms with Crippen molar-refractivity contribution >= 4 is 0 Å². The third-order valence-corrected chi connectivity index (χ3v) is 12.6. The van der Waals surface area contributed by atoms with Crippen LogP contribution in [0.4, 0.5) is 0 Å².